The number of aromatic nitrogens is 3. The second-order valence-electron chi connectivity index (χ2n) is 10.5. The Kier molecular flexibility index (Phi) is 7.68. The number of ether oxygens (including phenoxy) is 1. The predicted octanol–water partition coefficient (Wildman–Crippen LogP) is 4.86. The Morgan fingerprint density at radius 2 is 1.88 bits per heavy atom. The van der Waals surface area contributed by atoms with Crippen LogP contribution in [-0.4, -0.2) is 57.8 Å². The van der Waals surface area contributed by atoms with Crippen molar-refractivity contribution in [2.75, 3.05) is 13.1 Å². The van der Waals surface area contributed by atoms with Crippen LogP contribution in [0.3, 0.4) is 0 Å². The van der Waals surface area contributed by atoms with Crippen molar-refractivity contribution in [1.29, 1.82) is 0 Å². The van der Waals surface area contributed by atoms with Crippen LogP contribution in [0.2, 0.25) is 0 Å². The first-order valence-corrected chi connectivity index (χ1v) is 14.5. The van der Waals surface area contributed by atoms with Crippen molar-refractivity contribution in [3.8, 4) is 5.88 Å². The second kappa shape index (κ2) is 10.9. The van der Waals surface area contributed by atoms with Gasteiger partial charge in [-0.15, -0.1) is 0 Å². The topological polar surface area (TPSA) is 115 Å². The summed E-state index contributed by atoms with van der Waals surface area (Å²) in [4.78, 5) is 15.6. The summed E-state index contributed by atoms with van der Waals surface area (Å²) in [5.74, 6) is -1.20. The molecule has 0 amide bonds. The van der Waals surface area contributed by atoms with Crippen LogP contribution < -0.4 is 4.74 Å². The summed E-state index contributed by atoms with van der Waals surface area (Å²) in [6, 6.07) is 5.33. The highest BCUT2D eigenvalue weighted by Crippen LogP contribution is 2.40. The third-order valence-corrected chi connectivity index (χ3v) is 9.04. The zero-order chi connectivity index (χ0) is 29.5. The number of rotatable bonds is 9. The van der Waals surface area contributed by atoms with E-state index >= 15 is 0 Å². The molecule has 0 saturated carbocycles. The second-order valence-corrected chi connectivity index (χ2v) is 12.4. The fourth-order valence-corrected chi connectivity index (χ4v) is 6.85. The molecular weight excluding hydrogens is 561 g/mol. The van der Waals surface area contributed by atoms with E-state index in [2.05, 4.69) is 10.1 Å². The van der Waals surface area contributed by atoms with Gasteiger partial charge in [0.05, 0.1) is 41.5 Å². The number of hydrogen-bond acceptors (Lipinski definition) is 6. The van der Waals surface area contributed by atoms with Crippen molar-refractivity contribution in [2.24, 2.45) is 11.8 Å². The third kappa shape index (κ3) is 6.01. The number of carboxylic acids is 1. The summed E-state index contributed by atoms with van der Waals surface area (Å²) in [5.41, 5.74) is -0.671. The van der Waals surface area contributed by atoms with Crippen molar-refractivity contribution in [1.82, 2.24) is 19.1 Å². The van der Waals surface area contributed by atoms with Crippen molar-refractivity contribution < 1.29 is 36.2 Å². The van der Waals surface area contributed by atoms with Gasteiger partial charge in [0, 0.05) is 24.5 Å². The van der Waals surface area contributed by atoms with Crippen LogP contribution in [0, 0.1) is 11.8 Å². The monoisotopic (exact) mass is 590 g/mol. The molecular formula is C28H29F3N4O5S. The van der Waals surface area contributed by atoms with Crippen LogP contribution in [0.15, 0.2) is 65.7 Å². The molecule has 1 aromatic carbocycles. The maximum Gasteiger partial charge on any atom is 0.416 e. The number of carbonyl (C=O) groups is 1. The molecule has 2 aliphatic rings. The molecule has 0 spiro atoms. The van der Waals surface area contributed by atoms with Gasteiger partial charge < -0.3 is 9.84 Å². The van der Waals surface area contributed by atoms with E-state index in [1.54, 1.807) is 0 Å². The Hall–Kier alpha value is -3.71. The molecule has 1 aliphatic carbocycles. The van der Waals surface area contributed by atoms with Crippen LogP contribution in [0.1, 0.15) is 37.6 Å². The van der Waals surface area contributed by atoms with Crippen LogP contribution >= 0.6 is 0 Å². The van der Waals surface area contributed by atoms with E-state index < -0.39 is 40.2 Å². The number of alkyl halides is 3. The number of pyridine rings is 1. The Morgan fingerprint density at radius 3 is 2.49 bits per heavy atom. The van der Waals surface area contributed by atoms with Crippen LogP contribution in [0.5, 0.6) is 5.88 Å². The third-order valence-electron chi connectivity index (χ3n) is 7.22. The molecule has 3 aromatic rings. The van der Waals surface area contributed by atoms with Gasteiger partial charge in [-0.25, -0.2) is 13.4 Å². The SMILES string of the molecule is CC(C)Oc1ccc(S(=O)(=O)N2C[C@@H](CC3C=CC=C3)[C@@H](n3nc(CC(=O)O)c4ccc(C(F)(F)F)cc43)C2)cn1. The minimum atomic E-state index is -4.63. The Bertz CT molecular complexity index is 1600. The Balaban J connectivity index is 1.55. The maximum atomic E-state index is 13.7. The van der Waals surface area contributed by atoms with Gasteiger partial charge in [-0.05, 0) is 50.3 Å². The van der Waals surface area contributed by atoms with Crippen LogP contribution in [0.4, 0.5) is 13.2 Å². The lowest BCUT2D eigenvalue weighted by molar-refractivity contribution is -0.138. The quantitative estimate of drug-likeness (QED) is 0.379. The van der Waals surface area contributed by atoms with E-state index in [0.717, 1.165) is 12.1 Å². The molecule has 218 valence electrons. The molecule has 2 atom stereocenters. The molecule has 1 N–H and O–H groups in total. The molecule has 2 aromatic heterocycles. The van der Waals surface area contributed by atoms with Gasteiger partial charge in [-0.2, -0.15) is 22.6 Å². The summed E-state index contributed by atoms with van der Waals surface area (Å²) in [6.45, 7) is 3.69. The first-order chi connectivity index (χ1) is 19.3. The van der Waals surface area contributed by atoms with Gasteiger partial charge in [-0.3, -0.25) is 9.48 Å². The van der Waals surface area contributed by atoms with E-state index in [9.17, 15) is 31.5 Å². The average molecular weight is 591 g/mol. The summed E-state index contributed by atoms with van der Waals surface area (Å²) in [6.07, 6.45) is 4.22. The van der Waals surface area contributed by atoms with E-state index in [0.29, 0.717) is 6.42 Å². The lowest BCUT2D eigenvalue weighted by atomic mass is 9.91. The molecule has 1 saturated heterocycles. The van der Waals surface area contributed by atoms with Gasteiger partial charge >= 0.3 is 12.1 Å². The van der Waals surface area contributed by atoms with Crippen LogP contribution in [-0.2, 0) is 27.4 Å². The number of sulfonamides is 1. The zero-order valence-corrected chi connectivity index (χ0v) is 23.1. The number of carboxylic acid groups (broad SMARTS) is 1. The molecule has 41 heavy (non-hydrogen) atoms. The molecule has 0 radical (unpaired) electrons. The fourth-order valence-electron chi connectivity index (χ4n) is 5.39. The summed E-state index contributed by atoms with van der Waals surface area (Å²) < 4.78 is 76.5. The van der Waals surface area contributed by atoms with Gasteiger partial charge in [0.2, 0.25) is 15.9 Å². The molecule has 0 unspecified atom stereocenters. The van der Waals surface area contributed by atoms with Gasteiger partial charge in [0.15, 0.2) is 0 Å². The minimum Gasteiger partial charge on any atom is -0.481 e. The molecule has 0 bridgehead atoms. The lowest BCUT2D eigenvalue weighted by Crippen LogP contribution is -2.29. The van der Waals surface area contributed by atoms with Gasteiger partial charge in [0.25, 0.3) is 0 Å². The smallest absolute Gasteiger partial charge is 0.416 e. The summed E-state index contributed by atoms with van der Waals surface area (Å²) in [7, 11) is -4.02. The number of fused-ring (bicyclic) bond motifs is 1. The molecule has 9 nitrogen and oxygen atoms in total. The number of hydrogen-bond donors (Lipinski definition) is 1. The maximum absolute atomic E-state index is 13.7. The first kappa shape index (κ1) is 28.8. The van der Waals surface area contributed by atoms with E-state index in [1.165, 1.54) is 33.4 Å². The molecule has 1 aliphatic heterocycles. The zero-order valence-electron chi connectivity index (χ0n) is 22.3. The molecule has 13 heteroatoms. The molecule has 5 rings (SSSR count). The Morgan fingerprint density at radius 1 is 1.15 bits per heavy atom. The summed E-state index contributed by atoms with van der Waals surface area (Å²) in [5, 5.41) is 14.2. The highest BCUT2D eigenvalue weighted by Gasteiger charge is 2.42. The number of benzene rings is 1. The van der Waals surface area contributed by atoms with Gasteiger partial charge in [0.1, 0.15) is 4.90 Å². The van der Waals surface area contributed by atoms with E-state index in [-0.39, 0.29) is 58.4 Å². The number of allylic oxidation sites excluding steroid dienone is 4. The van der Waals surface area contributed by atoms with Crippen molar-refractivity contribution >= 4 is 26.9 Å². The largest absolute Gasteiger partial charge is 0.481 e. The first-order valence-electron chi connectivity index (χ1n) is 13.1. The molecule has 1 fully saturated rings. The highest BCUT2D eigenvalue weighted by atomic mass is 32.2. The standard InChI is InChI=1S/C28H29F3N4O5S/c1-17(2)40-26-10-8-21(14-32-26)41(38,39)34-15-19(11-18-5-3-4-6-18)25(16-34)35-24-12-20(28(29,30)31)7-9-22(24)23(33-35)13-27(36)37/h3-10,12,14,17-19,25H,11,13,15-16H2,1-2H3,(H,36,37)/t19-,25+/m1/s1. The number of halogens is 3. The van der Waals surface area contributed by atoms with E-state index in [4.69, 9.17) is 4.74 Å². The lowest BCUT2D eigenvalue weighted by Gasteiger charge is -2.21. The van der Waals surface area contributed by atoms with Crippen LogP contribution in [0.25, 0.3) is 10.9 Å². The summed E-state index contributed by atoms with van der Waals surface area (Å²) >= 11 is 0. The predicted molar refractivity (Wildman–Crippen MR) is 144 cm³/mol. The average Bonchev–Trinajstić information content (AvgIpc) is 3.63. The van der Waals surface area contributed by atoms with Crippen molar-refractivity contribution in [2.45, 2.75) is 49.9 Å². The van der Waals surface area contributed by atoms with Crippen molar-refractivity contribution in [3.63, 3.8) is 0 Å². The minimum absolute atomic E-state index is 0.0188. The van der Waals surface area contributed by atoms with Crippen molar-refractivity contribution in [3.05, 3.63) is 72.1 Å². The highest BCUT2D eigenvalue weighted by molar-refractivity contribution is 7.89. The molecule has 3 heterocycles. The fraction of sp³-hybridized carbons (Fsp3) is 0.393. The van der Waals surface area contributed by atoms with E-state index in [1.807, 2.05) is 38.2 Å². The Labute approximate surface area is 235 Å². The number of aliphatic carboxylic acids is 1. The normalized spacial score (nSPS) is 20.0. The van der Waals surface area contributed by atoms with Gasteiger partial charge in [-0.1, -0.05) is 30.4 Å². The number of nitrogens with zero attached hydrogens (tertiary/aromatic N) is 4.